The number of imide groups is 1. The van der Waals surface area contributed by atoms with E-state index in [1.807, 2.05) is 53.7 Å². The lowest BCUT2D eigenvalue weighted by Crippen LogP contribution is -2.58. The first-order valence-electron chi connectivity index (χ1n) is 15.8. The van der Waals surface area contributed by atoms with Gasteiger partial charge in [0.2, 0.25) is 5.91 Å². The summed E-state index contributed by atoms with van der Waals surface area (Å²) in [5.74, 6) is 1.55. The van der Waals surface area contributed by atoms with Gasteiger partial charge in [0.05, 0.1) is 17.5 Å². The molecule has 222 valence electrons. The fourth-order valence-corrected chi connectivity index (χ4v) is 10.8. The number of carbonyl (C=O) groups is 2. The minimum atomic E-state index is -4.20. The lowest BCUT2D eigenvalue weighted by atomic mass is 9.47. The normalized spacial score (nSPS) is 30.8. The first-order valence-corrected chi connectivity index (χ1v) is 17.2. The second-order valence-corrected chi connectivity index (χ2v) is 16.4. The topological polar surface area (TPSA) is 74.8 Å². The van der Waals surface area contributed by atoms with E-state index in [1.165, 1.54) is 24.2 Å². The molecule has 40 heavy (non-hydrogen) atoms. The van der Waals surface area contributed by atoms with Crippen molar-refractivity contribution in [3.8, 4) is 0 Å². The Hall–Kier alpha value is -1.89. The molecule has 6 rings (SSSR count). The lowest BCUT2D eigenvalue weighted by Gasteiger charge is -2.59. The van der Waals surface area contributed by atoms with Crippen LogP contribution in [0.1, 0.15) is 135 Å². The summed E-state index contributed by atoms with van der Waals surface area (Å²) in [7, 11) is -4.20. The second kappa shape index (κ2) is 10.4. The summed E-state index contributed by atoms with van der Waals surface area (Å²) in [6.07, 6.45) is 7.39. The van der Waals surface area contributed by atoms with Crippen molar-refractivity contribution in [2.24, 2.45) is 29.1 Å². The largest absolute Gasteiger partial charge is 0.341 e. The molecule has 0 aromatic heterocycles. The van der Waals surface area contributed by atoms with Gasteiger partial charge in [-0.25, -0.2) is 17.5 Å². The minimum Gasteiger partial charge on any atom is -0.274 e. The van der Waals surface area contributed by atoms with Crippen LogP contribution in [0.2, 0.25) is 0 Å². The molecule has 4 bridgehead atoms. The number of carbonyl (C=O) groups excluding carboxylic acids is 2. The van der Waals surface area contributed by atoms with Crippen LogP contribution in [0, 0.1) is 29.1 Å². The van der Waals surface area contributed by atoms with Crippen molar-refractivity contribution >= 4 is 22.0 Å². The van der Waals surface area contributed by atoms with Crippen LogP contribution in [0.25, 0.3) is 0 Å². The molecular weight excluding hydrogens is 520 g/mol. The summed E-state index contributed by atoms with van der Waals surface area (Å²) in [5, 5.41) is 0. The van der Waals surface area contributed by atoms with Gasteiger partial charge in [-0.3, -0.25) is 9.69 Å². The summed E-state index contributed by atoms with van der Waals surface area (Å²) in [5.41, 5.74) is 2.47. The Bertz CT molecular complexity index is 1220. The van der Waals surface area contributed by atoms with Gasteiger partial charge >= 0.3 is 6.03 Å². The van der Waals surface area contributed by atoms with E-state index in [9.17, 15) is 18.0 Å². The number of sulfonamides is 1. The molecule has 1 heterocycles. The molecule has 0 unspecified atom stereocenters. The van der Waals surface area contributed by atoms with Gasteiger partial charge in [-0.2, -0.15) is 0 Å². The number of amides is 3. The van der Waals surface area contributed by atoms with Gasteiger partial charge in [0.15, 0.2) is 0 Å². The maximum Gasteiger partial charge on any atom is 0.341 e. The Morgan fingerprint density at radius 2 is 1.35 bits per heavy atom. The van der Waals surface area contributed by atoms with E-state index < -0.39 is 16.1 Å². The van der Waals surface area contributed by atoms with E-state index in [2.05, 4.69) is 13.8 Å². The van der Waals surface area contributed by atoms with E-state index >= 15 is 0 Å². The van der Waals surface area contributed by atoms with E-state index in [-0.39, 0.29) is 52.5 Å². The summed E-state index contributed by atoms with van der Waals surface area (Å²) in [4.78, 5) is 29.8. The molecule has 1 aromatic carbocycles. The standard InChI is InChI=1S/C33H50N2O4S/c1-9-22(8)31(36)35-29(33-15-23-10-24(16-33)12-25(11-23)17-33)18-34(32(35)37)40(38,39)30-27(20(4)5)13-26(19(2)3)14-28(30)21(6)7/h13-14,19-25,29H,9-12,15-18H2,1-8H3/t22-,23?,24?,25?,29+,33?/m1/s1. The Morgan fingerprint density at radius 1 is 0.875 bits per heavy atom. The fraction of sp³-hybridized carbons (Fsp3) is 0.758. The van der Waals surface area contributed by atoms with E-state index in [0.29, 0.717) is 24.2 Å². The molecule has 2 atom stereocenters. The van der Waals surface area contributed by atoms with Crippen LogP contribution in [-0.4, -0.2) is 42.1 Å². The van der Waals surface area contributed by atoms with Crippen molar-refractivity contribution < 1.29 is 18.0 Å². The van der Waals surface area contributed by atoms with Gasteiger partial charge in [-0.1, -0.05) is 67.5 Å². The van der Waals surface area contributed by atoms with Crippen molar-refractivity contribution in [3.63, 3.8) is 0 Å². The molecule has 1 aliphatic heterocycles. The van der Waals surface area contributed by atoms with Crippen LogP contribution in [-0.2, 0) is 14.8 Å². The van der Waals surface area contributed by atoms with Crippen LogP contribution in [0.3, 0.4) is 0 Å². The number of hydrogen-bond acceptors (Lipinski definition) is 4. The Labute approximate surface area is 242 Å². The SMILES string of the molecule is CC[C@@H](C)C(=O)N1C(=O)N(S(=O)(=O)c2c(C(C)C)cc(C(C)C)cc2C(C)C)C[C@H]1C12CC3CC(CC(C3)C1)C2. The second-order valence-electron chi connectivity index (χ2n) is 14.6. The molecule has 0 spiro atoms. The summed E-state index contributed by atoms with van der Waals surface area (Å²) in [6.45, 7) is 16.2. The Morgan fingerprint density at radius 3 is 1.75 bits per heavy atom. The average Bonchev–Trinajstić information content (AvgIpc) is 3.24. The number of nitrogens with zero attached hydrogens (tertiary/aromatic N) is 2. The predicted octanol–water partition coefficient (Wildman–Crippen LogP) is 7.64. The van der Waals surface area contributed by atoms with Gasteiger partial charge in [-0.15, -0.1) is 0 Å². The molecule has 5 aliphatic rings. The van der Waals surface area contributed by atoms with Crippen molar-refractivity contribution in [1.82, 2.24) is 9.21 Å². The van der Waals surface area contributed by atoms with Crippen LogP contribution in [0.4, 0.5) is 4.79 Å². The molecule has 4 aliphatic carbocycles. The summed E-state index contributed by atoms with van der Waals surface area (Å²) in [6, 6.07) is 3.02. The molecule has 6 nitrogen and oxygen atoms in total. The molecule has 5 fully saturated rings. The van der Waals surface area contributed by atoms with Gasteiger partial charge in [-0.05, 0) is 103 Å². The molecule has 7 heteroatoms. The molecule has 1 saturated heterocycles. The highest BCUT2D eigenvalue weighted by atomic mass is 32.2. The predicted molar refractivity (Wildman–Crippen MR) is 159 cm³/mol. The van der Waals surface area contributed by atoms with Crippen molar-refractivity contribution in [1.29, 1.82) is 0 Å². The third-order valence-electron chi connectivity index (χ3n) is 10.8. The Balaban J connectivity index is 1.63. The Kier molecular flexibility index (Phi) is 7.72. The van der Waals surface area contributed by atoms with E-state index in [0.717, 1.165) is 40.3 Å². The number of benzene rings is 1. The van der Waals surface area contributed by atoms with E-state index in [4.69, 9.17) is 0 Å². The average molecular weight is 571 g/mol. The highest BCUT2D eigenvalue weighted by molar-refractivity contribution is 7.89. The van der Waals surface area contributed by atoms with Crippen molar-refractivity contribution in [2.75, 3.05) is 6.54 Å². The maximum absolute atomic E-state index is 14.7. The number of rotatable bonds is 8. The lowest BCUT2D eigenvalue weighted by molar-refractivity contribution is -0.141. The monoisotopic (exact) mass is 570 g/mol. The van der Waals surface area contributed by atoms with Gasteiger partial charge in [0, 0.05) is 5.92 Å². The fourth-order valence-electron chi connectivity index (χ4n) is 8.78. The first-order chi connectivity index (χ1) is 18.7. The molecular formula is C33H50N2O4S. The third-order valence-corrected chi connectivity index (χ3v) is 12.6. The molecule has 3 amide bonds. The number of hydrogen-bond donors (Lipinski definition) is 0. The molecule has 0 N–H and O–H groups in total. The van der Waals surface area contributed by atoms with Gasteiger partial charge in [0.1, 0.15) is 0 Å². The zero-order chi connectivity index (χ0) is 29.3. The first kappa shape index (κ1) is 29.6. The zero-order valence-corrected chi connectivity index (χ0v) is 26.7. The smallest absolute Gasteiger partial charge is 0.274 e. The highest BCUT2D eigenvalue weighted by Gasteiger charge is 2.61. The van der Waals surface area contributed by atoms with Gasteiger partial charge < -0.3 is 0 Å². The van der Waals surface area contributed by atoms with Crippen LogP contribution in [0.15, 0.2) is 17.0 Å². The third kappa shape index (κ3) is 4.72. The number of urea groups is 1. The quantitative estimate of drug-likeness (QED) is 0.322. The molecule has 4 saturated carbocycles. The van der Waals surface area contributed by atoms with Crippen LogP contribution >= 0.6 is 0 Å². The molecule has 0 radical (unpaired) electrons. The van der Waals surface area contributed by atoms with Crippen molar-refractivity contribution in [3.05, 3.63) is 28.8 Å². The highest BCUT2D eigenvalue weighted by Crippen LogP contribution is 2.63. The maximum atomic E-state index is 14.7. The van der Waals surface area contributed by atoms with Crippen LogP contribution in [0.5, 0.6) is 0 Å². The summed E-state index contributed by atoms with van der Waals surface area (Å²) >= 11 is 0. The van der Waals surface area contributed by atoms with E-state index in [1.54, 1.807) is 0 Å². The van der Waals surface area contributed by atoms with Gasteiger partial charge in [0.25, 0.3) is 10.0 Å². The van der Waals surface area contributed by atoms with Crippen molar-refractivity contribution in [2.45, 2.75) is 129 Å². The molecule has 1 aromatic rings. The summed E-state index contributed by atoms with van der Waals surface area (Å²) < 4.78 is 30.5. The van der Waals surface area contributed by atoms with Crippen LogP contribution < -0.4 is 0 Å². The zero-order valence-electron chi connectivity index (χ0n) is 25.9. The minimum absolute atomic E-state index is 0.0320.